The van der Waals surface area contributed by atoms with Gasteiger partial charge in [0.2, 0.25) is 0 Å². The molecule has 144 valence electrons. The molecule has 0 saturated heterocycles. The third-order valence-corrected chi connectivity index (χ3v) is 4.27. The first-order valence-electron chi connectivity index (χ1n) is 8.56. The monoisotopic (exact) mass is 388 g/mol. The molecule has 3 aromatic rings. The van der Waals surface area contributed by atoms with Crippen LogP contribution in [0.4, 0.5) is 17.6 Å². The maximum Gasteiger partial charge on any atom is 0.419 e. The van der Waals surface area contributed by atoms with Crippen molar-refractivity contribution in [2.24, 2.45) is 0 Å². The molecule has 0 saturated carbocycles. The molecule has 3 aromatic carbocycles. The van der Waals surface area contributed by atoms with E-state index in [1.54, 1.807) is 24.3 Å². The lowest BCUT2D eigenvalue weighted by atomic mass is 10.0. The summed E-state index contributed by atoms with van der Waals surface area (Å²) < 4.78 is 56.3. The van der Waals surface area contributed by atoms with Gasteiger partial charge in [-0.2, -0.15) is 13.2 Å². The van der Waals surface area contributed by atoms with Gasteiger partial charge in [0.15, 0.2) is 0 Å². The summed E-state index contributed by atoms with van der Waals surface area (Å²) >= 11 is 0. The molecule has 0 aliphatic heterocycles. The highest BCUT2D eigenvalue weighted by molar-refractivity contribution is 5.91. The van der Waals surface area contributed by atoms with Crippen molar-refractivity contribution in [3.8, 4) is 16.9 Å². The molecule has 0 aliphatic rings. The molecule has 0 N–H and O–H groups in total. The Morgan fingerprint density at radius 2 is 1.46 bits per heavy atom. The molecule has 0 atom stereocenters. The Morgan fingerprint density at radius 3 is 1.96 bits per heavy atom. The number of hydrogen-bond donors (Lipinski definition) is 0. The molecule has 0 radical (unpaired) electrons. The fraction of sp³-hybridized carbons (Fsp3) is 0.136. The van der Waals surface area contributed by atoms with E-state index in [-0.39, 0.29) is 11.3 Å². The van der Waals surface area contributed by atoms with Crippen LogP contribution in [0.3, 0.4) is 0 Å². The molecule has 0 spiro atoms. The van der Waals surface area contributed by atoms with Crippen molar-refractivity contribution in [2.45, 2.75) is 19.5 Å². The van der Waals surface area contributed by atoms with Crippen molar-refractivity contribution in [2.75, 3.05) is 0 Å². The molecule has 0 amide bonds. The number of hydrogen-bond acceptors (Lipinski definition) is 2. The zero-order valence-corrected chi connectivity index (χ0v) is 14.9. The molecule has 0 heterocycles. The first-order valence-corrected chi connectivity index (χ1v) is 8.56. The van der Waals surface area contributed by atoms with E-state index in [0.29, 0.717) is 12.1 Å². The van der Waals surface area contributed by atoms with Crippen molar-refractivity contribution < 1.29 is 27.1 Å². The standard InChI is InChI=1S/C22H16F4O2/c1-2-14-3-5-15(6-4-14)16-7-9-17(10-8-16)21(27)28-18-11-12-19(20(23)13-18)22(24,25)26/h3-13H,2H2,1H3. The van der Waals surface area contributed by atoms with Crippen LogP contribution in [0.2, 0.25) is 0 Å². The van der Waals surface area contributed by atoms with Gasteiger partial charge in [-0.1, -0.05) is 43.3 Å². The van der Waals surface area contributed by atoms with E-state index in [2.05, 4.69) is 6.92 Å². The first-order chi connectivity index (χ1) is 13.3. The normalized spacial score (nSPS) is 11.3. The minimum Gasteiger partial charge on any atom is -0.423 e. The average molecular weight is 388 g/mol. The van der Waals surface area contributed by atoms with Crippen molar-refractivity contribution in [3.05, 3.63) is 89.2 Å². The van der Waals surface area contributed by atoms with Gasteiger partial charge < -0.3 is 4.74 Å². The highest BCUT2D eigenvalue weighted by Gasteiger charge is 2.34. The summed E-state index contributed by atoms with van der Waals surface area (Å²) in [6.07, 6.45) is -3.87. The van der Waals surface area contributed by atoms with Gasteiger partial charge >= 0.3 is 12.1 Å². The van der Waals surface area contributed by atoms with E-state index in [4.69, 9.17) is 4.74 Å². The van der Waals surface area contributed by atoms with E-state index in [0.717, 1.165) is 23.6 Å². The molecular formula is C22H16F4O2. The van der Waals surface area contributed by atoms with Gasteiger partial charge in [0.1, 0.15) is 11.6 Å². The van der Waals surface area contributed by atoms with Crippen LogP contribution in [0.1, 0.15) is 28.4 Å². The van der Waals surface area contributed by atoms with Crippen LogP contribution in [-0.2, 0) is 12.6 Å². The Kier molecular flexibility index (Phi) is 5.49. The smallest absolute Gasteiger partial charge is 0.419 e. The number of alkyl halides is 3. The van der Waals surface area contributed by atoms with Gasteiger partial charge in [-0.3, -0.25) is 0 Å². The minimum atomic E-state index is -4.81. The molecule has 0 fully saturated rings. The summed E-state index contributed by atoms with van der Waals surface area (Å²) in [4.78, 5) is 12.2. The van der Waals surface area contributed by atoms with Gasteiger partial charge in [0, 0.05) is 6.07 Å². The van der Waals surface area contributed by atoms with Crippen molar-refractivity contribution in [1.82, 2.24) is 0 Å². The minimum absolute atomic E-state index is 0.203. The van der Waals surface area contributed by atoms with Crippen molar-refractivity contribution >= 4 is 5.97 Å². The number of esters is 1. The summed E-state index contributed by atoms with van der Waals surface area (Å²) in [6, 6.07) is 16.6. The van der Waals surface area contributed by atoms with E-state index >= 15 is 0 Å². The molecule has 3 rings (SSSR count). The summed E-state index contributed by atoms with van der Waals surface area (Å²) in [7, 11) is 0. The van der Waals surface area contributed by atoms with Gasteiger partial charge in [-0.25, -0.2) is 9.18 Å². The lowest BCUT2D eigenvalue weighted by molar-refractivity contribution is -0.140. The number of ether oxygens (including phenoxy) is 1. The number of carbonyl (C=O) groups excluding carboxylic acids is 1. The van der Waals surface area contributed by atoms with Gasteiger partial charge in [0.25, 0.3) is 0 Å². The Balaban J connectivity index is 1.73. The van der Waals surface area contributed by atoms with Gasteiger partial charge in [0.05, 0.1) is 11.1 Å². The predicted octanol–water partition coefficient (Wildman–Crippen LogP) is 6.29. The summed E-state index contributed by atoms with van der Waals surface area (Å²) in [5.41, 5.74) is 1.90. The molecule has 0 bridgehead atoms. The molecule has 2 nitrogen and oxygen atoms in total. The number of benzene rings is 3. The highest BCUT2D eigenvalue weighted by Crippen LogP contribution is 2.33. The maximum atomic E-state index is 13.6. The molecule has 0 aromatic heterocycles. The summed E-state index contributed by atoms with van der Waals surface area (Å²) in [5.74, 6) is -2.58. The van der Waals surface area contributed by atoms with Crippen LogP contribution < -0.4 is 4.74 Å². The second-order valence-electron chi connectivity index (χ2n) is 6.16. The highest BCUT2D eigenvalue weighted by atomic mass is 19.4. The van der Waals surface area contributed by atoms with Crippen molar-refractivity contribution in [3.63, 3.8) is 0 Å². The average Bonchev–Trinajstić information content (AvgIpc) is 2.67. The lowest BCUT2D eigenvalue weighted by Crippen LogP contribution is -2.11. The van der Waals surface area contributed by atoms with E-state index < -0.39 is 23.5 Å². The number of aryl methyl sites for hydroxylation is 1. The SMILES string of the molecule is CCc1ccc(-c2ccc(C(=O)Oc3ccc(C(F)(F)F)c(F)c3)cc2)cc1. The molecule has 0 aliphatic carbocycles. The molecule has 6 heteroatoms. The van der Waals surface area contributed by atoms with E-state index in [1.165, 1.54) is 5.56 Å². The zero-order chi connectivity index (χ0) is 20.3. The number of halogens is 4. The largest absolute Gasteiger partial charge is 0.423 e. The molecule has 28 heavy (non-hydrogen) atoms. The fourth-order valence-corrected chi connectivity index (χ4v) is 2.69. The summed E-state index contributed by atoms with van der Waals surface area (Å²) in [6.45, 7) is 2.07. The second kappa shape index (κ2) is 7.84. The Morgan fingerprint density at radius 1 is 0.893 bits per heavy atom. The van der Waals surface area contributed by atoms with Gasteiger partial charge in [-0.15, -0.1) is 0 Å². The lowest BCUT2D eigenvalue weighted by Gasteiger charge is -2.10. The zero-order valence-electron chi connectivity index (χ0n) is 14.9. The maximum absolute atomic E-state index is 13.6. The van der Waals surface area contributed by atoms with Crippen LogP contribution in [0.25, 0.3) is 11.1 Å². The van der Waals surface area contributed by atoms with Crippen LogP contribution in [0, 0.1) is 5.82 Å². The van der Waals surface area contributed by atoms with E-state index in [9.17, 15) is 22.4 Å². The molecule has 0 unspecified atom stereocenters. The fourth-order valence-electron chi connectivity index (χ4n) is 2.69. The van der Waals surface area contributed by atoms with Crippen LogP contribution in [-0.4, -0.2) is 5.97 Å². The van der Waals surface area contributed by atoms with Gasteiger partial charge in [-0.05, 0) is 47.4 Å². The quantitative estimate of drug-likeness (QED) is 0.298. The Bertz CT molecular complexity index is 975. The third kappa shape index (κ3) is 4.39. The third-order valence-electron chi connectivity index (χ3n) is 4.27. The number of carbonyl (C=O) groups is 1. The second-order valence-corrected chi connectivity index (χ2v) is 6.16. The van der Waals surface area contributed by atoms with E-state index in [1.807, 2.05) is 24.3 Å². The predicted molar refractivity (Wildman–Crippen MR) is 97.6 cm³/mol. The van der Waals surface area contributed by atoms with Crippen LogP contribution in [0.15, 0.2) is 66.7 Å². The van der Waals surface area contributed by atoms with Crippen LogP contribution >= 0.6 is 0 Å². The topological polar surface area (TPSA) is 26.3 Å². The van der Waals surface area contributed by atoms with Crippen molar-refractivity contribution in [1.29, 1.82) is 0 Å². The van der Waals surface area contributed by atoms with Crippen LogP contribution in [0.5, 0.6) is 5.75 Å². The molecular weight excluding hydrogens is 372 g/mol. The number of rotatable bonds is 4. The summed E-state index contributed by atoms with van der Waals surface area (Å²) in [5, 5.41) is 0. The Labute approximate surface area is 159 Å². The first kappa shape index (κ1) is 19.6. The Hall–Kier alpha value is -3.15.